The highest BCUT2D eigenvalue weighted by Crippen LogP contribution is 2.33. The lowest BCUT2D eigenvalue weighted by Crippen LogP contribution is -2.41. The van der Waals surface area contributed by atoms with Crippen LogP contribution in [-0.2, 0) is 4.79 Å². The average molecular weight is 381 g/mol. The Morgan fingerprint density at radius 1 is 1.11 bits per heavy atom. The zero-order valence-corrected chi connectivity index (χ0v) is 15.3. The Hall–Kier alpha value is -3.15. The average Bonchev–Trinajstić information content (AvgIpc) is 3.19. The largest absolute Gasteiger partial charge is 0.454 e. The van der Waals surface area contributed by atoms with Crippen molar-refractivity contribution >= 4 is 17.8 Å². The number of hydrogen-bond acceptors (Lipinski definition) is 4. The number of ether oxygens (including phenoxy) is 2. The SMILES string of the molecule is O=C(c1ccc2c(c1)OCO2)C1CCCN(C(=O)/C=C/c2cccc(F)c2)C1. The number of likely N-dealkylation sites (tertiary alicyclic amines) is 1. The first-order chi connectivity index (χ1) is 13.6. The number of fused-ring (bicyclic) bond motifs is 1. The zero-order chi connectivity index (χ0) is 19.5. The monoisotopic (exact) mass is 381 g/mol. The van der Waals surface area contributed by atoms with Crippen molar-refractivity contribution in [3.63, 3.8) is 0 Å². The first-order valence-corrected chi connectivity index (χ1v) is 9.26. The molecule has 5 nitrogen and oxygen atoms in total. The smallest absolute Gasteiger partial charge is 0.246 e. The van der Waals surface area contributed by atoms with Crippen LogP contribution in [0.4, 0.5) is 4.39 Å². The second-order valence-electron chi connectivity index (χ2n) is 6.94. The van der Waals surface area contributed by atoms with Gasteiger partial charge in [-0.05, 0) is 54.8 Å². The van der Waals surface area contributed by atoms with Crippen LogP contribution in [0.25, 0.3) is 6.08 Å². The Balaban J connectivity index is 1.42. The molecule has 1 unspecified atom stereocenters. The summed E-state index contributed by atoms with van der Waals surface area (Å²) in [4.78, 5) is 27.1. The van der Waals surface area contributed by atoms with E-state index in [1.807, 2.05) is 0 Å². The van der Waals surface area contributed by atoms with Crippen LogP contribution in [0, 0.1) is 11.7 Å². The van der Waals surface area contributed by atoms with Crippen molar-refractivity contribution in [2.45, 2.75) is 12.8 Å². The van der Waals surface area contributed by atoms with Gasteiger partial charge < -0.3 is 14.4 Å². The molecule has 0 saturated carbocycles. The molecule has 1 atom stereocenters. The van der Waals surface area contributed by atoms with Crippen molar-refractivity contribution in [3.05, 3.63) is 65.5 Å². The van der Waals surface area contributed by atoms with E-state index >= 15 is 0 Å². The minimum atomic E-state index is -0.345. The van der Waals surface area contributed by atoms with Crippen LogP contribution < -0.4 is 9.47 Å². The van der Waals surface area contributed by atoms with Crippen LogP contribution in [0.2, 0.25) is 0 Å². The van der Waals surface area contributed by atoms with Crippen LogP contribution >= 0.6 is 0 Å². The Bertz CT molecular complexity index is 940. The van der Waals surface area contributed by atoms with E-state index in [9.17, 15) is 14.0 Å². The van der Waals surface area contributed by atoms with Crippen molar-refractivity contribution < 1.29 is 23.5 Å². The van der Waals surface area contributed by atoms with Crippen LogP contribution in [0.15, 0.2) is 48.5 Å². The molecule has 0 radical (unpaired) electrons. The molecule has 0 spiro atoms. The molecular formula is C22H20FNO4. The standard InChI is InChI=1S/C22H20FNO4/c23-18-5-1-3-15(11-18)6-9-21(25)24-10-2-4-17(13-24)22(26)16-7-8-19-20(12-16)28-14-27-19/h1,3,5-9,11-12,17H,2,4,10,13-14H2/b9-6+. The van der Waals surface area contributed by atoms with Crippen molar-refractivity contribution in [2.75, 3.05) is 19.9 Å². The van der Waals surface area contributed by atoms with E-state index in [-0.39, 0.29) is 30.2 Å². The molecule has 0 aromatic heterocycles. The van der Waals surface area contributed by atoms with Crippen molar-refractivity contribution in [1.82, 2.24) is 4.90 Å². The number of carbonyl (C=O) groups is 2. The van der Waals surface area contributed by atoms with Crippen LogP contribution in [0.5, 0.6) is 11.5 Å². The number of benzene rings is 2. The number of nitrogens with zero attached hydrogens (tertiary/aromatic N) is 1. The summed E-state index contributed by atoms with van der Waals surface area (Å²) in [5.41, 5.74) is 1.19. The molecular weight excluding hydrogens is 361 g/mol. The third-order valence-electron chi connectivity index (χ3n) is 5.03. The predicted molar refractivity (Wildman–Crippen MR) is 102 cm³/mol. The van der Waals surface area contributed by atoms with Gasteiger partial charge in [0, 0.05) is 30.6 Å². The molecule has 2 heterocycles. The molecule has 0 aliphatic carbocycles. The molecule has 6 heteroatoms. The topological polar surface area (TPSA) is 55.8 Å². The van der Waals surface area contributed by atoms with Gasteiger partial charge in [0.2, 0.25) is 12.7 Å². The maximum Gasteiger partial charge on any atom is 0.246 e. The molecule has 0 bridgehead atoms. The maximum atomic E-state index is 13.2. The molecule has 2 aromatic rings. The summed E-state index contributed by atoms with van der Waals surface area (Å²) in [5.74, 6) is 0.451. The molecule has 4 rings (SSSR count). The van der Waals surface area contributed by atoms with Crippen molar-refractivity contribution in [1.29, 1.82) is 0 Å². The molecule has 1 fully saturated rings. The summed E-state index contributed by atoms with van der Waals surface area (Å²) in [6, 6.07) is 11.2. The number of Topliss-reactive ketones (excluding diaryl/α,β-unsaturated/α-hetero) is 1. The minimum absolute atomic E-state index is 0.00455. The lowest BCUT2D eigenvalue weighted by atomic mass is 9.89. The minimum Gasteiger partial charge on any atom is -0.454 e. The molecule has 28 heavy (non-hydrogen) atoms. The summed E-state index contributed by atoms with van der Waals surface area (Å²) >= 11 is 0. The van der Waals surface area contributed by atoms with Gasteiger partial charge >= 0.3 is 0 Å². The van der Waals surface area contributed by atoms with Gasteiger partial charge in [-0.1, -0.05) is 12.1 Å². The van der Waals surface area contributed by atoms with E-state index in [0.717, 1.165) is 12.8 Å². The maximum absolute atomic E-state index is 13.2. The number of amides is 1. The summed E-state index contributed by atoms with van der Waals surface area (Å²) in [6.07, 6.45) is 4.53. The Kier molecular flexibility index (Phi) is 5.10. The highest BCUT2D eigenvalue weighted by Gasteiger charge is 2.29. The summed E-state index contributed by atoms with van der Waals surface area (Å²) in [5, 5.41) is 0. The normalized spacial score (nSPS) is 18.5. The highest BCUT2D eigenvalue weighted by atomic mass is 19.1. The molecule has 2 aliphatic heterocycles. The van der Waals surface area contributed by atoms with Gasteiger partial charge in [-0.2, -0.15) is 0 Å². The molecule has 1 saturated heterocycles. The van der Waals surface area contributed by atoms with Crippen LogP contribution in [0.3, 0.4) is 0 Å². The Morgan fingerprint density at radius 2 is 1.96 bits per heavy atom. The van der Waals surface area contributed by atoms with Gasteiger partial charge in [-0.15, -0.1) is 0 Å². The Morgan fingerprint density at radius 3 is 2.82 bits per heavy atom. The van der Waals surface area contributed by atoms with Gasteiger partial charge in [0.15, 0.2) is 17.3 Å². The number of hydrogen-bond donors (Lipinski definition) is 0. The number of carbonyl (C=O) groups excluding carboxylic acids is 2. The second-order valence-corrected chi connectivity index (χ2v) is 6.94. The molecule has 144 valence electrons. The lowest BCUT2D eigenvalue weighted by Gasteiger charge is -2.31. The molecule has 2 aliphatic rings. The molecule has 2 aromatic carbocycles. The number of halogens is 1. The summed E-state index contributed by atoms with van der Waals surface area (Å²) in [7, 11) is 0. The van der Waals surface area contributed by atoms with E-state index in [1.165, 1.54) is 18.2 Å². The third-order valence-corrected chi connectivity index (χ3v) is 5.03. The number of rotatable bonds is 4. The van der Waals surface area contributed by atoms with Gasteiger partial charge in [0.1, 0.15) is 5.82 Å². The number of piperidine rings is 1. The summed E-state index contributed by atoms with van der Waals surface area (Å²) in [6.45, 7) is 1.15. The lowest BCUT2D eigenvalue weighted by molar-refractivity contribution is -0.127. The predicted octanol–water partition coefficient (Wildman–Crippen LogP) is 3.69. The van der Waals surface area contributed by atoms with E-state index < -0.39 is 0 Å². The van der Waals surface area contributed by atoms with Crippen LogP contribution in [0.1, 0.15) is 28.8 Å². The fraction of sp³-hybridized carbons (Fsp3) is 0.273. The van der Waals surface area contributed by atoms with Crippen molar-refractivity contribution in [2.24, 2.45) is 5.92 Å². The molecule has 0 N–H and O–H groups in total. The van der Waals surface area contributed by atoms with Crippen LogP contribution in [-0.4, -0.2) is 36.5 Å². The number of ketones is 1. The van der Waals surface area contributed by atoms with E-state index in [4.69, 9.17) is 9.47 Å². The first-order valence-electron chi connectivity index (χ1n) is 9.26. The van der Waals surface area contributed by atoms with Gasteiger partial charge in [0.05, 0.1) is 0 Å². The Labute approximate surface area is 162 Å². The van der Waals surface area contributed by atoms with Gasteiger partial charge in [-0.25, -0.2) is 4.39 Å². The third kappa shape index (κ3) is 3.91. The highest BCUT2D eigenvalue weighted by molar-refractivity contribution is 5.99. The second kappa shape index (κ2) is 7.84. The molecule has 1 amide bonds. The zero-order valence-electron chi connectivity index (χ0n) is 15.3. The quantitative estimate of drug-likeness (QED) is 0.599. The van der Waals surface area contributed by atoms with E-state index in [0.29, 0.717) is 35.7 Å². The van der Waals surface area contributed by atoms with Crippen molar-refractivity contribution in [3.8, 4) is 11.5 Å². The fourth-order valence-corrected chi connectivity index (χ4v) is 3.56. The fourth-order valence-electron chi connectivity index (χ4n) is 3.56. The van der Waals surface area contributed by atoms with E-state index in [2.05, 4.69) is 0 Å². The van der Waals surface area contributed by atoms with Gasteiger partial charge in [-0.3, -0.25) is 9.59 Å². The first kappa shape index (κ1) is 18.2. The van der Waals surface area contributed by atoms with Gasteiger partial charge in [0.25, 0.3) is 0 Å². The van der Waals surface area contributed by atoms with E-state index in [1.54, 1.807) is 41.3 Å². The summed E-state index contributed by atoms with van der Waals surface area (Å²) < 4.78 is 23.9.